The predicted octanol–water partition coefficient (Wildman–Crippen LogP) is 0.609. The fraction of sp³-hybridized carbons (Fsp3) is 0.636. The van der Waals surface area contributed by atoms with Crippen LogP contribution in [0.2, 0.25) is 0 Å². The summed E-state index contributed by atoms with van der Waals surface area (Å²) in [6.45, 7) is 3.90. The first kappa shape index (κ1) is 13.5. The van der Waals surface area contributed by atoms with Crippen molar-refractivity contribution in [1.82, 2.24) is 4.90 Å². The van der Waals surface area contributed by atoms with Gasteiger partial charge in [-0.15, -0.1) is 0 Å². The molecule has 0 aromatic carbocycles. The van der Waals surface area contributed by atoms with E-state index in [0.717, 1.165) is 0 Å². The van der Waals surface area contributed by atoms with Crippen molar-refractivity contribution in [2.24, 2.45) is 0 Å². The van der Waals surface area contributed by atoms with Crippen LogP contribution < -0.4 is 0 Å². The first-order chi connectivity index (χ1) is 8.06. The molecule has 0 spiro atoms. The van der Waals surface area contributed by atoms with E-state index in [0.29, 0.717) is 19.4 Å². The van der Waals surface area contributed by atoms with Gasteiger partial charge < -0.3 is 19.8 Å². The lowest BCUT2D eigenvalue weighted by Gasteiger charge is -2.25. The second kappa shape index (κ2) is 6.24. The Balaban J connectivity index is 2.46. The van der Waals surface area contributed by atoms with Gasteiger partial charge in [-0.1, -0.05) is 12.7 Å². The van der Waals surface area contributed by atoms with Gasteiger partial charge in [0, 0.05) is 6.54 Å². The van der Waals surface area contributed by atoms with Crippen molar-refractivity contribution in [3.05, 3.63) is 12.7 Å². The highest BCUT2D eigenvalue weighted by Crippen LogP contribution is 2.22. The SMILES string of the molecule is C=CCOC(=O)CC(O)[C@@H]1CCCN1C(=O)O. The molecule has 1 heterocycles. The van der Waals surface area contributed by atoms with E-state index < -0.39 is 24.2 Å². The van der Waals surface area contributed by atoms with Gasteiger partial charge >= 0.3 is 12.1 Å². The van der Waals surface area contributed by atoms with E-state index in [1.54, 1.807) is 0 Å². The molecule has 0 aromatic rings. The Kier molecular flexibility index (Phi) is 4.96. The summed E-state index contributed by atoms with van der Waals surface area (Å²) in [5.74, 6) is -0.547. The van der Waals surface area contributed by atoms with Crippen LogP contribution in [0.25, 0.3) is 0 Å². The summed E-state index contributed by atoms with van der Waals surface area (Å²) in [6.07, 6.45) is 0.445. The molecular formula is C11H17NO5. The van der Waals surface area contributed by atoms with Gasteiger partial charge in [0.25, 0.3) is 0 Å². The van der Waals surface area contributed by atoms with Gasteiger partial charge in [-0.2, -0.15) is 0 Å². The number of carboxylic acid groups (broad SMARTS) is 1. The monoisotopic (exact) mass is 243 g/mol. The molecule has 0 aliphatic carbocycles. The summed E-state index contributed by atoms with van der Waals surface area (Å²) in [7, 11) is 0. The highest BCUT2D eigenvalue weighted by Gasteiger charge is 2.34. The first-order valence-corrected chi connectivity index (χ1v) is 5.50. The van der Waals surface area contributed by atoms with Crippen LogP contribution in [0, 0.1) is 0 Å². The van der Waals surface area contributed by atoms with Crippen molar-refractivity contribution >= 4 is 12.1 Å². The Labute approximate surface area is 99.5 Å². The molecule has 0 radical (unpaired) electrons. The third-order valence-electron chi connectivity index (χ3n) is 2.73. The van der Waals surface area contributed by atoms with Crippen LogP contribution in [0.5, 0.6) is 0 Å². The number of carbonyl (C=O) groups is 2. The van der Waals surface area contributed by atoms with Crippen molar-refractivity contribution in [1.29, 1.82) is 0 Å². The van der Waals surface area contributed by atoms with Gasteiger partial charge in [0.1, 0.15) is 6.61 Å². The molecule has 1 unspecified atom stereocenters. The van der Waals surface area contributed by atoms with Crippen LogP contribution in [0.1, 0.15) is 19.3 Å². The van der Waals surface area contributed by atoms with Crippen LogP contribution in [-0.2, 0) is 9.53 Å². The van der Waals surface area contributed by atoms with E-state index in [2.05, 4.69) is 6.58 Å². The minimum atomic E-state index is -1.06. The summed E-state index contributed by atoms with van der Waals surface area (Å²) in [5.41, 5.74) is 0. The lowest BCUT2D eigenvalue weighted by Crippen LogP contribution is -2.43. The fourth-order valence-electron chi connectivity index (χ4n) is 1.95. The summed E-state index contributed by atoms with van der Waals surface area (Å²) in [4.78, 5) is 23.3. The molecule has 17 heavy (non-hydrogen) atoms. The second-order valence-corrected chi connectivity index (χ2v) is 3.93. The van der Waals surface area contributed by atoms with Crippen molar-refractivity contribution in [3.8, 4) is 0 Å². The summed E-state index contributed by atoms with van der Waals surface area (Å²) >= 11 is 0. The number of likely N-dealkylation sites (tertiary alicyclic amines) is 1. The largest absolute Gasteiger partial charge is 0.465 e. The van der Waals surface area contributed by atoms with Gasteiger partial charge in [0.05, 0.1) is 18.6 Å². The zero-order valence-electron chi connectivity index (χ0n) is 9.54. The fourth-order valence-corrected chi connectivity index (χ4v) is 1.95. The number of aliphatic hydroxyl groups excluding tert-OH is 1. The summed E-state index contributed by atoms with van der Waals surface area (Å²) < 4.78 is 4.73. The molecule has 2 atom stereocenters. The standard InChI is InChI=1S/C11H17NO5/c1-2-6-17-10(14)7-9(13)8-4-3-5-12(8)11(15)16/h2,8-9,13H,1,3-7H2,(H,15,16)/t8-,9?/m0/s1. The average Bonchev–Trinajstić information content (AvgIpc) is 2.75. The molecule has 1 fully saturated rings. The molecule has 6 heteroatoms. The minimum absolute atomic E-state index is 0.0961. The number of aliphatic hydroxyl groups is 1. The molecule has 1 amide bonds. The third-order valence-corrected chi connectivity index (χ3v) is 2.73. The van der Waals surface area contributed by atoms with Gasteiger partial charge in [0.2, 0.25) is 0 Å². The highest BCUT2D eigenvalue weighted by molar-refractivity contribution is 5.70. The Bertz CT molecular complexity index is 304. The molecule has 0 saturated carbocycles. The van der Waals surface area contributed by atoms with E-state index >= 15 is 0 Å². The number of amides is 1. The van der Waals surface area contributed by atoms with Crippen molar-refractivity contribution in [3.63, 3.8) is 0 Å². The van der Waals surface area contributed by atoms with Crippen molar-refractivity contribution < 1.29 is 24.5 Å². The Morgan fingerprint density at radius 1 is 1.59 bits per heavy atom. The van der Waals surface area contributed by atoms with Gasteiger partial charge in [-0.25, -0.2) is 4.79 Å². The summed E-state index contributed by atoms with van der Waals surface area (Å²) in [6, 6.07) is -0.510. The van der Waals surface area contributed by atoms with Crippen LogP contribution >= 0.6 is 0 Å². The lowest BCUT2D eigenvalue weighted by atomic mass is 10.1. The molecule has 0 aromatic heterocycles. The number of esters is 1. The molecule has 1 saturated heterocycles. The molecule has 1 aliphatic rings. The van der Waals surface area contributed by atoms with E-state index in [1.807, 2.05) is 0 Å². The molecule has 96 valence electrons. The molecule has 1 rings (SSSR count). The van der Waals surface area contributed by atoms with E-state index in [-0.39, 0.29) is 13.0 Å². The zero-order chi connectivity index (χ0) is 12.8. The van der Waals surface area contributed by atoms with Crippen LogP contribution in [0.4, 0.5) is 4.79 Å². The summed E-state index contributed by atoms with van der Waals surface area (Å²) in [5, 5.41) is 18.7. The Morgan fingerprint density at radius 2 is 2.29 bits per heavy atom. The van der Waals surface area contributed by atoms with E-state index in [1.165, 1.54) is 11.0 Å². The average molecular weight is 243 g/mol. The topological polar surface area (TPSA) is 87.1 Å². The number of hydrogen-bond donors (Lipinski definition) is 2. The molecule has 6 nitrogen and oxygen atoms in total. The first-order valence-electron chi connectivity index (χ1n) is 5.50. The zero-order valence-corrected chi connectivity index (χ0v) is 9.54. The van der Waals surface area contributed by atoms with Gasteiger partial charge in [-0.3, -0.25) is 4.79 Å². The number of carbonyl (C=O) groups excluding carboxylic acids is 1. The second-order valence-electron chi connectivity index (χ2n) is 3.93. The molecule has 0 bridgehead atoms. The Hall–Kier alpha value is -1.56. The lowest BCUT2D eigenvalue weighted by molar-refractivity contribution is -0.145. The number of nitrogens with zero attached hydrogens (tertiary/aromatic N) is 1. The minimum Gasteiger partial charge on any atom is -0.465 e. The third kappa shape index (κ3) is 3.74. The van der Waals surface area contributed by atoms with E-state index in [9.17, 15) is 14.7 Å². The van der Waals surface area contributed by atoms with E-state index in [4.69, 9.17) is 9.84 Å². The maximum atomic E-state index is 11.2. The Morgan fingerprint density at radius 3 is 2.88 bits per heavy atom. The quantitative estimate of drug-likeness (QED) is 0.545. The molecule has 2 N–H and O–H groups in total. The maximum absolute atomic E-state index is 11.2. The van der Waals surface area contributed by atoms with Gasteiger partial charge in [0.15, 0.2) is 0 Å². The molecular weight excluding hydrogens is 226 g/mol. The smallest absolute Gasteiger partial charge is 0.407 e. The molecule has 1 aliphatic heterocycles. The maximum Gasteiger partial charge on any atom is 0.407 e. The van der Waals surface area contributed by atoms with Crippen molar-refractivity contribution in [2.45, 2.75) is 31.4 Å². The van der Waals surface area contributed by atoms with Gasteiger partial charge in [-0.05, 0) is 12.8 Å². The number of ether oxygens (including phenoxy) is 1. The number of hydrogen-bond acceptors (Lipinski definition) is 4. The van der Waals surface area contributed by atoms with Crippen LogP contribution in [0.15, 0.2) is 12.7 Å². The number of rotatable bonds is 5. The van der Waals surface area contributed by atoms with Crippen molar-refractivity contribution in [2.75, 3.05) is 13.2 Å². The van der Waals surface area contributed by atoms with Crippen LogP contribution in [0.3, 0.4) is 0 Å². The highest BCUT2D eigenvalue weighted by atomic mass is 16.5. The predicted molar refractivity (Wildman–Crippen MR) is 59.5 cm³/mol. The normalized spacial score (nSPS) is 21.0. The van der Waals surface area contributed by atoms with Crippen LogP contribution in [-0.4, -0.2) is 52.5 Å².